The monoisotopic (exact) mass is 322 g/mol. The highest BCUT2D eigenvalue weighted by Crippen LogP contribution is 2.35. The van der Waals surface area contributed by atoms with Crippen molar-refractivity contribution < 1.29 is 0 Å². The third-order valence-corrected chi connectivity index (χ3v) is 5.14. The zero-order valence-electron chi connectivity index (χ0n) is 13.4. The minimum absolute atomic E-state index is 0.685. The van der Waals surface area contributed by atoms with E-state index in [1.807, 2.05) is 23.1 Å². The van der Waals surface area contributed by atoms with E-state index in [9.17, 15) is 0 Å². The highest BCUT2D eigenvalue weighted by atomic mass is 15.3. The largest absolute Gasteiger partial charge is 0.346 e. The van der Waals surface area contributed by atoms with E-state index in [1.54, 1.807) is 6.33 Å². The summed E-state index contributed by atoms with van der Waals surface area (Å²) in [5.41, 5.74) is 2.84. The lowest BCUT2D eigenvalue weighted by Crippen LogP contribution is -2.53. The average Bonchev–Trinajstić information content (AvgIpc) is 3.23. The van der Waals surface area contributed by atoms with Crippen LogP contribution in [0.15, 0.2) is 31.0 Å². The molecule has 0 unspecified atom stereocenters. The van der Waals surface area contributed by atoms with Gasteiger partial charge in [-0.3, -0.25) is 9.58 Å². The summed E-state index contributed by atoms with van der Waals surface area (Å²) >= 11 is 0. The van der Waals surface area contributed by atoms with E-state index in [0.717, 1.165) is 61.3 Å². The minimum atomic E-state index is 0.685. The average molecular weight is 322 g/mol. The lowest BCUT2D eigenvalue weighted by molar-refractivity contribution is 0.117. The maximum absolute atomic E-state index is 4.56. The number of piperazine rings is 1. The first-order valence-corrected chi connectivity index (χ1v) is 8.51. The van der Waals surface area contributed by atoms with Gasteiger partial charge in [0.15, 0.2) is 0 Å². The SMILES string of the molecule is c1nc(-c2cnn([C]3CC(N4CCNCC4)C3)c2)c2cc[nH]c2n1. The highest BCUT2D eigenvalue weighted by Gasteiger charge is 2.36. The number of hydrogen-bond donors (Lipinski definition) is 2. The summed E-state index contributed by atoms with van der Waals surface area (Å²) in [5, 5.41) is 9.01. The second-order valence-electron chi connectivity index (χ2n) is 6.55. The molecule has 5 rings (SSSR count). The summed E-state index contributed by atoms with van der Waals surface area (Å²) in [5.74, 6) is 0. The molecule has 0 amide bonds. The van der Waals surface area contributed by atoms with Crippen molar-refractivity contribution in [2.24, 2.45) is 0 Å². The quantitative estimate of drug-likeness (QED) is 0.759. The van der Waals surface area contributed by atoms with Gasteiger partial charge in [-0.05, 0) is 18.9 Å². The van der Waals surface area contributed by atoms with Crippen LogP contribution in [0.4, 0.5) is 0 Å². The molecule has 3 aromatic heterocycles. The van der Waals surface area contributed by atoms with Gasteiger partial charge in [-0.1, -0.05) is 0 Å². The Hall–Kier alpha value is -2.25. The number of nitrogens with one attached hydrogen (secondary N) is 2. The minimum Gasteiger partial charge on any atom is -0.346 e. The predicted octanol–water partition coefficient (Wildman–Crippen LogP) is 1.27. The molecule has 3 aromatic rings. The molecule has 1 saturated carbocycles. The van der Waals surface area contributed by atoms with Crippen LogP contribution in [0.5, 0.6) is 0 Å². The summed E-state index contributed by atoms with van der Waals surface area (Å²) in [6.45, 7) is 4.54. The van der Waals surface area contributed by atoms with Crippen LogP contribution < -0.4 is 5.32 Å². The lowest BCUT2D eigenvalue weighted by atomic mass is 9.85. The topological polar surface area (TPSA) is 74.7 Å². The van der Waals surface area contributed by atoms with E-state index >= 15 is 0 Å². The lowest BCUT2D eigenvalue weighted by Gasteiger charge is -2.43. The van der Waals surface area contributed by atoms with E-state index < -0.39 is 0 Å². The fourth-order valence-corrected chi connectivity index (χ4v) is 3.70. The molecule has 1 aliphatic carbocycles. The Morgan fingerprint density at radius 1 is 1.12 bits per heavy atom. The molecule has 24 heavy (non-hydrogen) atoms. The molecule has 1 saturated heterocycles. The van der Waals surface area contributed by atoms with Crippen molar-refractivity contribution in [2.45, 2.75) is 18.9 Å². The van der Waals surface area contributed by atoms with E-state index in [1.165, 1.54) is 6.04 Å². The van der Waals surface area contributed by atoms with Crippen molar-refractivity contribution in [1.82, 2.24) is 34.9 Å². The molecule has 1 radical (unpaired) electrons. The predicted molar refractivity (Wildman–Crippen MR) is 91.2 cm³/mol. The first-order valence-electron chi connectivity index (χ1n) is 8.51. The smallest absolute Gasteiger partial charge is 0.141 e. The number of H-pyrrole nitrogens is 1. The maximum Gasteiger partial charge on any atom is 0.141 e. The van der Waals surface area contributed by atoms with Gasteiger partial charge in [0, 0.05) is 55.6 Å². The first-order chi connectivity index (χ1) is 11.9. The van der Waals surface area contributed by atoms with Gasteiger partial charge in [0.2, 0.25) is 0 Å². The third-order valence-electron chi connectivity index (χ3n) is 5.14. The van der Waals surface area contributed by atoms with Crippen LogP contribution >= 0.6 is 0 Å². The number of fused-ring (bicyclic) bond motifs is 1. The van der Waals surface area contributed by atoms with Gasteiger partial charge in [-0.15, -0.1) is 0 Å². The van der Waals surface area contributed by atoms with Crippen molar-refractivity contribution >= 4 is 11.0 Å². The van der Waals surface area contributed by atoms with E-state index in [2.05, 4.69) is 36.5 Å². The van der Waals surface area contributed by atoms with E-state index in [-0.39, 0.29) is 0 Å². The molecular weight excluding hydrogens is 302 g/mol. The molecule has 0 bridgehead atoms. The number of rotatable bonds is 3. The number of aromatic nitrogens is 5. The van der Waals surface area contributed by atoms with Crippen LogP contribution in [0.1, 0.15) is 12.8 Å². The molecular formula is C17H20N7. The number of aromatic amines is 1. The Morgan fingerprint density at radius 2 is 2.00 bits per heavy atom. The fraction of sp³-hybridized carbons (Fsp3) is 0.412. The van der Waals surface area contributed by atoms with Gasteiger partial charge in [-0.2, -0.15) is 5.10 Å². The number of nitrogens with zero attached hydrogens (tertiary/aromatic N) is 5. The zero-order valence-corrected chi connectivity index (χ0v) is 13.4. The molecule has 123 valence electrons. The van der Waals surface area contributed by atoms with Crippen molar-refractivity contribution in [1.29, 1.82) is 0 Å². The van der Waals surface area contributed by atoms with Crippen LogP contribution in [-0.4, -0.2) is 61.9 Å². The second-order valence-corrected chi connectivity index (χ2v) is 6.55. The molecule has 4 heterocycles. The zero-order chi connectivity index (χ0) is 15.9. The Morgan fingerprint density at radius 3 is 2.88 bits per heavy atom. The summed E-state index contributed by atoms with van der Waals surface area (Å²) in [4.78, 5) is 14.4. The Bertz CT molecular complexity index is 839. The van der Waals surface area contributed by atoms with Crippen LogP contribution in [0.25, 0.3) is 22.3 Å². The molecule has 0 spiro atoms. The van der Waals surface area contributed by atoms with Crippen LogP contribution in [0, 0.1) is 6.04 Å². The summed E-state index contributed by atoms with van der Waals surface area (Å²) in [6, 6.07) is 4.09. The standard InChI is InChI=1S/C17H20N7/c1-2-19-17-15(1)16(20-11-21-17)12-9-22-24(10-12)14-7-13(8-14)23-5-3-18-4-6-23/h1-2,9-11,13,18H,3-8H2,(H,19,20,21). The summed E-state index contributed by atoms with van der Waals surface area (Å²) < 4.78 is 2.04. The maximum atomic E-state index is 4.56. The Kier molecular flexibility index (Phi) is 3.34. The van der Waals surface area contributed by atoms with Crippen LogP contribution in [0.3, 0.4) is 0 Å². The van der Waals surface area contributed by atoms with Gasteiger partial charge < -0.3 is 10.3 Å². The van der Waals surface area contributed by atoms with Crippen molar-refractivity contribution in [3.05, 3.63) is 37.0 Å². The van der Waals surface area contributed by atoms with Gasteiger partial charge >= 0.3 is 0 Å². The Balaban J connectivity index is 1.32. The first kappa shape index (κ1) is 14.1. The fourth-order valence-electron chi connectivity index (χ4n) is 3.70. The normalized spacial score (nSPS) is 20.5. The molecule has 7 nitrogen and oxygen atoms in total. The molecule has 0 aromatic carbocycles. The van der Waals surface area contributed by atoms with Gasteiger partial charge in [-0.25, -0.2) is 9.97 Å². The summed E-state index contributed by atoms with van der Waals surface area (Å²) in [7, 11) is 0. The van der Waals surface area contributed by atoms with E-state index in [0.29, 0.717) is 6.04 Å². The molecule has 2 fully saturated rings. The third kappa shape index (κ3) is 2.32. The van der Waals surface area contributed by atoms with Crippen LogP contribution in [-0.2, 0) is 0 Å². The molecule has 2 N–H and O–H groups in total. The van der Waals surface area contributed by atoms with E-state index in [4.69, 9.17) is 0 Å². The molecule has 7 heteroatoms. The van der Waals surface area contributed by atoms with Gasteiger partial charge in [0.1, 0.15) is 12.0 Å². The molecule has 0 atom stereocenters. The Labute approximate surface area is 140 Å². The second kappa shape index (κ2) is 5.68. The van der Waals surface area contributed by atoms with Crippen molar-refractivity contribution in [2.75, 3.05) is 26.2 Å². The summed E-state index contributed by atoms with van der Waals surface area (Å²) in [6.07, 6.45) is 9.72. The van der Waals surface area contributed by atoms with Crippen molar-refractivity contribution in [3.8, 4) is 11.3 Å². The van der Waals surface area contributed by atoms with Crippen molar-refractivity contribution in [3.63, 3.8) is 0 Å². The highest BCUT2D eigenvalue weighted by molar-refractivity contribution is 5.89. The number of hydrogen-bond acceptors (Lipinski definition) is 5. The molecule has 1 aliphatic heterocycles. The van der Waals surface area contributed by atoms with Crippen LogP contribution in [0.2, 0.25) is 0 Å². The van der Waals surface area contributed by atoms with Gasteiger partial charge in [0.25, 0.3) is 0 Å². The van der Waals surface area contributed by atoms with Gasteiger partial charge in [0.05, 0.1) is 17.9 Å². The molecule has 2 aliphatic rings.